The van der Waals surface area contributed by atoms with Crippen molar-refractivity contribution in [3.8, 4) is 0 Å². The summed E-state index contributed by atoms with van der Waals surface area (Å²) in [5.41, 5.74) is 0. The van der Waals surface area contributed by atoms with E-state index in [0.717, 1.165) is 11.8 Å². The third-order valence-corrected chi connectivity index (χ3v) is 3.38. The molecule has 0 atom stereocenters. The zero-order valence-corrected chi connectivity index (χ0v) is 8.82. The Labute approximate surface area is 76.2 Å². The fourth-order valence-electron chi connectivity index (χ4n) is 1.97. The Morgan fingerprint density at radius 1 is 1.09 bits per heavy atom. The number of hydrogen-bond acceptors (Lipinski definition) is 1. The van der Waals surface area contributed by atoms with Gasteiger partial charge in [-0.3, -0.25) is 0 Å². The molecule has 1 saturated carbocycles. The summed E-state index contributed by atoms with van der Waals surface area (Å²) in [5, 5.41) is 0. The first-order chi connectivity index (χ1) is 5.00. The summed E-state index contributed by atoms with van der Waals surface area (Å²) in [6.07, 6.45) is 5.60. The first-order valence-corrected chi connectivity index (χ1v) is 5.17. The molecule has 11 heavy (non-hydrogen) atoms. The molecule has 0 aromatic carbocycles. The van der Waals surface area contributed by atoms with E-state index in [1.54, 1.807) is 0 Å². The zero-order valence-electron chi connectivity index (χ0n) is 7.93. The Bertz CT molecular complexity index is 115. The summed E-state index contributed by atoms with van der Waals surface area (Å²) >= 11 is 4.63. The summed E-state index contributed by atoms with van der Waals surface area (Å²) in [4.78, 5) is 0. The average molecular weight is 172 g/mol. The third-order valence-electron chi connectivity index (χ3n) is 3.01. The lowest BCUT2D eigenvalue weighted by Gasteiger charge is -2.35. The molecule has 0 radical (unpaired) electrons. The molecule has 0 saturated heterocycles. The van der Waals surface area contributed by atoms with Gasteiger partial charge in [-0.1, -0.05) is 33.6 Å². The van der Waals surface area contributed by atoms with Crippen LogP contribution < -0.4 is 0 Å². The lowest BCUT2D eigenvalue weighted by Crippen LogP contribution is -2.28. The van der Waals surface area contributed by atoms with Gasteiger partial charge in [-0.2, -0.15) is 12.6 Å². The van der Waals surface area contributed by atoms with E-state index < -0.39 is 0 Å². The monoisotopic (exact) mass is 172 g/mol. The first kappa shape index (κ1) is 9.44. The van der Waals surface area contributed by atoms with E-state index in [4.69, 9.17) is 0 Å². The second-order valence-electron chi connectivity index (χ2n) is 4.61. The van der Waals surface area contributed by atoms with E-state index in [1.165, 1.54) is 25.7 Å². The van der Waals surface area contributed by atoms with Gasteiger partial charge in [0, 0.05) is 4.75 Å². The second kappa shape index (κ2) is 3.38. The van der Waals surface area contributed by atoms with E-state index in [2.05, 4.69) is 33.4 Å². The normalized spacial score (nSPS) is 33.8. The highest BCUT2D eigenvalue weighted by atomic mass is 32.1. The summed E-state index contributed by atoms with van der Waals surface area (Å²) in [5.74, 6) is 1.81. The molecule has 0 heterocycles. The molecular weight excluding hydrogens is 152 g/mol. The number of thiol groups is 1. The van der Waals surface area contributed by atoms with Crippen LogP contribution in [0, 0.1) is 11.8 Å². The van der Waals surface area contributed by atoms with Crippen molar-refractivity contribution in [3.05, 3.63) is 0 Å². The Hall–Kier alpha value is 0.350. The highest BCUT2D eigenvalue weighted by molar-refractivity contribution is 7.81. The average Bonchev–Trinajstić information content (AvgIpc) is 1.86. The van der Waals surface area contributed by atoms with Crippen molar-refractivity contribution in [2.24, 2.45) is 11.8 Å². The minimum atomic E-state index is 0.250. The minimum absolute atomic E-state index is 0.250. The van der Waals surface area contributed by atoms with Crippen LogP contribution in [-0.4, -0.2) is 4.75 Å². The number of rotatable bonds is 1. The van der Waals surface area contributed by atoms with Crippen molar-refractivity contribution in [1.29, 1.82) is 0 Å². The molecule has 0 N–H and O–H groups in total. The van der Waals surface area contributed by atoms with Crippen LogP contribution >= 0.6 is 12.6 Å². The molecule has 1 rings (SSSR count). The van der Waals surface area contributed by atoms with Crippen LogP contribution in [0.2, 0.25) is 0 Å². The second-order valence-corrected chi connectivity index (χ2v) is 5.76. The van der Waals surface area contributed by atoms with Gasteiger partial charge in [0.1, 0.15) is 0 Å². The van der Waals surface area contributed by atoms with Crippen LogP contribution in [0.15, 0.2) is 0 Å². The Morgan fingerprint density at radius 3 is 1.91 bits per heavy atom. The van der Waals surface area contributed by atoms with E-state index in [-0.39, 0.29) is 4.75 Å². The minimum Gasteiger partial charge on any atom is -0.173 e. The van der Waals surface area contributed by atoms with E-state index in [0.29, 0.717) is 0 Å². The smallest absolute Gasteiger partial charge is 0.0101 e. The fraction of sp³-hybridized carbons (Fsp3) is 1.00. The highest BCUT2D eigenvalue weighted by Crippen LogP contribution is 2.37. The van der Waals surface area contributed by atoms with Crippen LogP contribution in [0.5, 0.6) is 0 Å². The molecule has 1 aliphatic carbocycles. The zero-order chi connectivity index (χ0) is 8.48. The van der Waals surface area contributed by atoms with Gasteiger partial charge in [0.15, 0.2) is 0 Å². The number of hydrogen-bond donors (Lipinski definition) is 1. The predicted molar refractivity (Wildman–Crippen MR) is 54.2 cm³/mol. The van der Waals surface area contributed by atoms with Gasteiger partial charge >= 0.3 is 0 Å². The Morgan fingerprint density at radius 2 is 1.55 bits per heavy atom. The van der Waals surface area contributed by atoms with E-state index in [9.17, 15) is 0 Å². The molecule has 0 aliphatic heterocycles. The largest absolute Gasteiger partial charge is 0.173 e. The van der Waals surface area contributed by atoms with Crippen LogP contribution in [0.3, 0.4) is 0 Å². The molecule has 0 nitrogen and oxygen atoms in total. The maximum absolute atomic E-state index is 4.63. The molecule has 0 aromatic heterocycles. The van der Waals surface area contributed by atoms with Gasteiger partial charge < -0.3 is 0 Å². The van der Waals surface area contributed by atoms with Crippen LogP contribution in [-0.2, 0) is 0 Å². The first-order valence-electron chi connectivity index (χ1n) is 4.72. The summed E-state index contributed by atoms with van der Waals surface area (Å²) in [6, 6.07) is 0. The lowest BCUT2D eigenvalue weighted by molar-refractivity contribution is 0.254. The summed E-state index contributed by atoms with van der Waals surface area (Å²) < 4.78 is 0.250. The highest BCUT2D eigenvalue weighted by Gasteiger charge is 2.28. The fourth-order valence-corrected chi connectivity index (χ4v) is 2.22. The SMILES string of the molecule is CC1CCC(C(C)(C)S)CC1. The van der Waals surface area contributed by atoms with E-state index >= 15 is 0 Å². The maximum Gasteiger partial charge on any atom is 0.0101 e. The Kier molecular flexibility index (Phi) is 2.90. The molecule has 0 bridgehead atoms. The van der Waals surface area contributed by atoms with E-state index in [1.807, 2.05) is 0 Å². The summed E-state index contributed by atoms with van der Waals surface area (Å²) in [6.45, 7) is 6.86. The van der Waals surface area contributed by atoms with Crippen LogP contribution in [0.4, 0.5) is 0 Å². The van der Waals surface area contributed by atoms with Crippen LogP contribution in [0.25, 0.3) is 0 Å². The van der Waals surface area contributed by atoms with Crippen LogP contribution in [0.1, 0.15) is 46.5 Å². The van der Waals surface area contributed by atoms with Crippen molar-refractivity contribution < 1.29 is 0 Å². The maximum atomic E-state index is 4.63. The Balaban J connectivity index is 2.39. The molecule has 0 aromatic rings. The topological polar surface area (TPSA) is 0 Å². The standard InChI is InChI=1S/C10H20S/c1-8-4-6-9(7-5-8)10(2,3)11/h8-9,11H,4-7H2,1-3H3. The third kappa shape index (κ3) is 2.70. The van der Waals surface area contributed by atoms with Gasteiger partial charge in [-0.15, -0.1) is 0 Å². The predicted octanol–water partition coefficient (Wildman–Crippen LogP) is 3.52. The van der Waals surface area contributed by atoms with Crippen molar-refractivity contribution >= 4 is 12.6 Å². The molecule has 0 unspecified atom stereocenters. The molecule has 1 fully saturated rings. The lowest BCUT2D eigenvalue weighted by atomic mass is 9.77. The van der Waals surface area contributed by atoms with Crippen molar-refractivity contribution in [2.45, 2.75) is 51.2 Å². The van der Waals surface area contributed by atoms with Crippen molar-refractivity contribution in [1.82, 2.24) is 0 Å². The van der Waals surface area contributed by atoms with Crippen molar-refractivity contribution in [3.63, 3.8) is 0 Å². The van der Waals surface area contributed by atoms with Crippen molar-refractivity contribution in [2.75, 3.05) is 0 Å². The molecule has 1 heteroatoms. The van der Waals surface area contributed by atoms with Gasteiger partial charge in [0.2, 0.25) is 0 Å². The molecular formula is C10H20S. The molecule has 1 aliphatic rings. The van der Waals surface area contributed by atoms with Gasteiger partial charge in [0.05, 0.1) is 0 Å². The molecule has 0 amide bonds. The van der Waals surface area contributed by atoms with Gasteiger partial charge in [-0.25, -0.2) is 0 Å². The quantitative estimate of drug-likeness (QED) is 0.575. The molecule has 0 spiro atoms. The van der Waals surface area contributed by atoms with Gasteiger partial charge in [-0.05, 0) is 24.7 Å². The summed E-state index contributed by atoms with van der Waals surface area (Å²) in [7, 11) is 0. The molecule has 66 valence electrons. The van der Waals surface area contributed by atoms with Gasteiger partial charge in [0.25, 0.3) is 0 Å².